The van der Waals surface area contributed by atoms with Crippen molar-refractivity contribution in [2.24, 2.45) is 5.10 Å². The molecule has 1 aromatic heterocycles. The third-order valence-corrected chi connectivity index (χ3v) is 4.93. The molecule has 0 aliphatic rings. The van der Waals surface area contributed by atoms with Crippen molar-refractivity contribution in [1.82, 2.24) is 9.99 Å². The van der Waals surface area contributed by atoms with E-state index in [0.29, 0.717) is 22.8 Å². The van der Waals surface area contributed by atoms with E-state index in [1.165, 1.54) is 0 Å². The van der Waals surface area contributed by atoms with Crippen molar-refractivity contribution in [3.05, 3.63) is 87.7 Å². The van der Waals surface area contributed by atoms with E-state index in [2.05, 4.69) is 10.5 Å². The van der Waals surface area contributed by atoms with Gasteiger partial charge in [-0.25, -0.2) is 10.2 Å². The van der Waals surface area contributed by atoms with E-state index in [1.54, 1.807) is 49.5 Å². The van der Waals surface area contributed by atoms with Crippen LogP contribution in [-0.2, 0) is 4.74 Å². The van der Waals surface area contributed by atoms with Crippen molar-refractivity contribution in [2.45, 2.75) is 20.8 Å². The number of aromatic nitrogens is 1. The third-order valence-electron chi connectivity index (χ3n) is 4.60. The van der Waals surface area contributed by atoms with Crippen LogP contribution in [-0.4, -0.2) is 29.3 Å². The van der Waals surface area contributed by atoms with Crippen LogP contribution in [0.5, 0.6) is 0 Å². The van der Waals surface area contributed by atoms with Gasteiger partial charge in [0.25, 0.3) is 5.91 Å². The van der Waals surface area contributed by atoms with Crippen molar-refractivity contribution in [1.29, 1.82) is 0 Å². The fraction of sp³-hybridized carbons (Fsp3) is 0.174. The number of hydrogen-bond donors (Lipinski definition) is 1. The maximum Gasteiger partial charge on any atom is 0.340 e. The summed E-state index contributed by atoms with van der Waals surface area (Å²) in [6, 6.07) is 16.0. The van der Waals surface area contributed by atoms with Crippen LogP contribution in [0.25, 0.3) is 5.69 Å². The average Bonchev–Trinajstić information content (AvgIpc) is 3.01. The summed E-state index contributed by atoms with van der Waals surface area (Å²) in [4.78, 5) is 24.6. The van der Waals surface area contributed by atoms with Crippen LogP contribution < -0.4 is 5.43 Å². The minimum absolute atomic E-state index is 0.305. The summed E-state index contributed by atoms with van der Waals surface area (Å²) in [6.07, 6.45) is 1.57. The zero-order chi connectivity index (χ0) is 21.7. The van der Waals surface area contributed by atoms with Crippen LogP contribution in [0.2, 0.25) is 5.02 Å². The Morgan fingerprint density at radius 3 is 2.47 bits per heavy atom. The largest absolute Gasteiger partial charge is 0.462 e. The number of nitrogens with one attached hydrogen (secondary N) is 1. The number of hydrogen-bond acceptors (Lipinski definition) is 4. The summed E-state index contributed by atoms with van der Waals surface area (Å²) in [5.41, 5.74) is 6.66. The summed E-state index contributed by atoms with van der Waals surface area (Å²) in [5.74, 6) is -0.763. The fourth-order valence-corrected chi connectivity index (χ4v) is 3.43. The molecule has 2 aromatic carbocycles. The lowest BCUT2D eigenvalue weighted by Crippen LogP contribution is -2.18. The van der Waals surface area contributed by atoms with Crippen LogP contribution in [0.4, 0.5) is 0 Å². The second kappa shape index (κ2) is 9.41. The van der Waals surface area contributed by atoms with Crippen molar-refractivity contribution in [3.8, 4) is 5.69 Å². The molecule has 7 heteroatoms. The summed E-state index contributed by atoms with van der Waals surface area (Å²) in [5, 5.41) is 4.43. The van der Waals surface area contributed by atoms with Gasteiger partial charge in [-0.1, -0.05) is 35.9 Å². The number of para-hydroxylation sites is 1. The van der Waals surface area contributed by atoms with E-state index in [1.807, 2.05) is 36.6 Å². The molecule has 0 radical (unpaired) electrons. The number of carbonyl (C=O) groups is 2. The normalized spacial score (nSPS) is 10.9. The predicted octanol–water partition coefficient (Wildman–Crippen LogP) is 4.69. The highest BCUT2D eigenvalue weighted by molar-refractivity contribution is 6.33. The van der Waals surface area contributed by atoms with E-state index in [4.69, 9.17) is 16.3 Å². The molecule has 0 aliphatic heterocycles. The first-order valence-corrected chi connectivity index (χ1v) is 9.85. The molecule has 154 valence electrons. The molecule has 0 aliphatic carbocycles. The average molecular weight is 424 g/mol. The van der Waals surface area contributed by atoms with Gasteiger partial charge in [-0.2, -0.15) is 5.10 Å². The molecule has 0 atom stereocenters. The van der Waals surface area contributed by atoms with E-state index in [-0.39, 0.29) is 5.97 Å². The number of ether oxygens (including phenoxy) is 1. The Bertz CT molecular complexity index is 1120. The molecule has 0 saturated carbocycles. The van der Waals surface area contributed by atoms with Gasteiger partial charge in [0.15, 0.2) is 0 Å². The lowest BCUT2D eigenvalue weighted by Gasteiger charge is -2.14. The quantitative estimate of drug-likeness (QED) is 0.355. The van der Waals surface area contributed by atoms with E-state index >= 15 is 0 Å². The van der Waals surface area contributed by atoms with Crippen molar-refractivity contribution in [3.63, 3.8) is 0 Å². The Hall–Kier alpha value is -3.38. The van der Waals surface area contributed by atoms with Gasteiger partial charge in [-0.3, -0.25) is 4.79 Å². The second-order valence-corrected chi connectivity index (χ2v) is 6.99. The number of aryl methyl sites for hydroxylation is 1. The van der Waals surface area contributed by atoms with Crippen LogP contribution in [0.1, 0.15) is 44.6 Å². The van der Waals surface area contributed by atoms with Crippen LogP contribution in [0, 0.1) is 13.8 Å². The van der Waals surface area contributed by atoms with Crippen LogP contribution in [0.3, 0.4) is 0 Å². The monoisotopic (exact) mass is 423 g/mol. The highest BCUT2D eigenvalue weighted by Crippen LogP contribution is 2.23. The first kappa shape index (κ1) is 21.3. The highest BCUT2D eigenvalue weighted by atomic mass is 35.5. The molecule has 30 heavy (non-hydrogen) atoms. The second-order valence-electron chi connectivity index (χ2n) is 6.58. The molecular formula is C23H22ClN3O3. The molecule has 0 bridgehead atoms. The topological polar surface area (TPSA) is 72.7 Å². The van der Waals surface area contributed by atoms with Crippen LogP contribution >= 0.6 is 11.6 Å². The number of nitrogens with zero attached hydrogens (tertiary/aromatic N) is 2. The molecule has 0 saturated heterocycles. The number of carbonyl (C=O) groups excluding carboxylic acids is 2. The van der Waals surface area contributed by atoms with Gasteiger partial charge in [0, 0.05) is 17.0 Å². The number of amides is 1. The van der Waals surface area contributed by atoms with E-state index in [9.17, 15) is 9.59 Å². The van der Waals surface area contributed by atoms with Gasteiger partial charge < -0.3 is 9.30 Å². The van der Waals surface area contributed by atoms with E-state index < -0.39 is 5.91 Å². The standard InChI is InChI=1S/C23H22ClN3O3/c1-4-30-23(29)19-10-6-8-12-21(19)27-15(2)13-17(16(27)3)14-25-26-22(28)18-9-5-7-11-20(18)24/h5-14H,4H2,1-3H3,(H,26,28)/b25-14-. The molecule has 1 heterocycles. The van der Waals surface area contributed by atoms with Gasteiger partial charge in [-0.05, 0) is 51.1 Å². The smallest absolute Gasteiger partial charge is 0.340 e. The molecule has 3 rings (SSSR count). The molecule has 0 fully saturated rings. The summed E-state index contributed by atoms with van der Waals surface area (Å²) in [6.45, 7) is 5.94. The van der Waals surface area contributed by atoms with Gasteiger partial charge in [0.05, 0.1) is 34.7 Å². The van der Waals surface area contributed by atoms with Gasteiger partial charge in [-0.15, -0.1) is 0 Å². The summed E-state index contributed by atoms with van der Waals surface area (Å²) < 4.78 is 7.14. The number of benzene rings is 2. The summed E-state index contributed by atoms with van der Waals surface area (Å²) in [7, 11) is 0. The van der Waals surface area contributed by atoms with Crippen LogP contribution in [0.15, 0.2) is 59.7 Å². The molecule has 3 aromatic rings. The molecule has 0 unspecified atom stereocenters. The highest BCUT2D eigenvalue weighted by Gasteiger charge is 2.17. The number of hydrazone groups is 1. The maximum absolute atomic E-state index is 12.4. The van der Waals surface area contributed by atoms with Crippen molar-refractivity contribution >= 4 is 29.7 Å². The molecule has 6 nitrogen and oxygen atoms in total. The Balaban J connectivity index is 1.87. The van der Waals surface area contributed by atoms with E-state index in [0.717, 1.165) is 22.6 Å². The Labute approximate surface area is 180 Å². The van der Waals surface area contributed by atoms with Gasteiger partial charge >= 0.3 is 5.97 Å². The first-order chi connectivity index (χ1) is 14.4. The van der Waals surface area contributed by atoms with Crippen molar-refractivity contribution < 1.29 is 14.3 Å². The third kappa shape index (κ3) is 4.44. The number of halogens is 1. The molecule has 1 N–H and O–H groups in total. The Morgan fingerprint density at radius 2 is 1.77 bits per heavy atom. The van der Waals surface area contributed by atoms with Crippen molar-refractivity contribution in [2.75, 3.05) is 6.61 Å². The Morgan fingerprint density at radius 1 is 1.10 bits per heavy atom. The zero-order valence-electron chi connectivity index (χ0n) is 17.0. The van der Waals surface area contributed by atoms with Gasteiger partial charge in [0.2, 0.25) is 0 Å². The first-order valence-electron chi connectivity index (χ1n) is 9.47. The predicted molar refractivity (Wildman–Crippen MR) is 118 cm³/mol. The molecule has 0 spiro atoms. The Kier molecular flexibility index (Phi) is 6.69. The number of esters is 1. The maximum atomic E-state index is 12.4. The van der Waals surface area contributed by atoms with Gasteiger partial charge in [0.1, 0.15) is 0 Å². The fourth-order valence-electron chi connectivity index (χ4n) is 3.21. The lowest BCUT2D eigenvalue weighted by molar-refractivity contribution is 0.0526. The zero-order valence-corrected chi connectivity index (χ0v) is 17.7. The summed E-state index contributed by atoms with van der Waals surface area (Å²) >= 11 is 6.04. The minimum Gasteiger partial charge on any atom is -0.462 e. The molecule has 1 amide bonds. The minimum atomic E-state index is -0.390. The number of rotatable bonds is 6. The SMILES string of the molecule is CCOC(=O)c1ccccc1-n1c(C)cc(/C=N\NC(=O)c2ccccc2Cl)c1C. The lowest BCUT2D eigenvalue weighted by atomic mass is 10.1. The molecular weight excluding hydrogens is 402 g/mol.